The van der Waals surface area contributed by atoms with E-state index in [1.54, 1.807) is 0 Å². The standard InChI is InChI=1S/C14H11BrINO2/c15-12-6-1-2-7-13(12)17-14(18)9-19-11-5-3-4-10(16)8-11/h1-8H,9H2,(H,17,18). The Hall–Kier alpha value is -1.08. The molecule has 0 aliphatic carbocycles. The van der Waals surface area contributed by atoms with Crippen molar-refractivity contribution in [3.63, 3.8) is 0 Å². The highest BCUT2D eigenvalue weighted by atomic mass is 127. The molecule has 0 saturated heterocycles. The van der Waals surface area contributed by atoms with Crippen LogP contribution in [-0.4, -0.2) is 12.5 Å². The average molecular weight is 432 g/mol. The first-order valence-electron chi connectivity index (χ1n) is 5.58. The van der Waals surface area contributed by atoms with Gasteiger partial charge in [-0.1, -0.05) is 18.2 Å². The molecule has 0 heterocycles. The van der Waals surface area contributed by atoms with Gasteiger partial charge in [-0.25, -0.2) is 0 Å². The van der Waals surface area contributed by atoms with Crippen molar-refractivity contribution in [1.82, 2.24) is 0 Å². The van der Waals surface area contributed by atoms with Crippen LogP contribution in [0.5, 0.6) is 5.75 Å². The van der Waals surface area contributed by atoms with Gasteiger partial charge in [0.15, 0.2) is 6.61 Å². The van der Waals surface area contributed by atoms with Gasteiger partial charge >= 0.3 is 0 Å². The molecule has 0 radical (unpaired) electrons. The summed E-state index contributed by atoms with van der Waals surface area (Å²) in [5.74, 6) is 0.500. The molecule has 19 heavy (non-hydrogen) atoms. The van der Waals surface area contributed by atoms with Gasteiger partial charge in [0.2, 0.25) is 0 Å². The number of ether oxygens (including phenoxy) is 1. The highest BCUT2D eigenvalue weighted by Gasteiger charge is 2.06. The molecule has 0 aliphatic rings. The molecule has 98 valence electrons. The minimum atomic E-state index is -0.189. The highest BCUT2D eigenvalue weighted by Crippen LogP contribution is 2.21. The van der Waals surface area contributed by atoms with Crippen LogP contribution in [0.4, 0.5) is 5.69 Å². The summed E-state index contributed by atoms with van der Waals surface area (Å²) in [5, 5.41) is 2.78. The van der Waals surface area contributed by atoms with E-state index in [0.29, 0.717) is 5.75 Å². The minimum absolute atomic E-state index is 0.0125. The van der Waals surface area contributed by atoms with Crippen LogP contribution in [0.15, 0.2) is 53.0 Å². The first kappa shape index (κ1) is 14.3. The first-order valence-corrected chi connectivity index (χ1v) is 7.45. The maximum Gasteiger partial charge on any atom is 0.262 e. The molecule has 3 nitrogen and oxygen atoms in total. The monoisotopic (exact) mass is 431 g/mol. The van der Waals surface area contributed by atoms with E-state index in [4.69, 9.17) is 4.74 Å². The SMILES string of the molecule is O=C(COc1cccc(I)c1)Nc1ccccc1Br. The van der Waals surface area contributed by atoms with Crippen LogP contribution in [0.1, 0.15) is 0 Å². The number of benzene rings is 2. The topological polar surface area (TPSA) is 38.3 Å². The first-order chi connectivity index (χ1) is 9.15. The Bertz CT molecular complexity index is 589. The van der Waals surface area contributed by atoms with Gasteiger partial charge in [0.1, 0.15) is 5.75 Å². The van der Waals surface area contributed by atoms with Crippen molar-refractivity contribution >= 4 is 50.1 Å². The van der Waals surface area contributed by atoms with Crippen LogP contribution >= 0.6 is 38.5 Å². The second kappa shape index (κ2) is 6.91. The molecule has 1 amide bonds. The van der Waals surface area contributed by atoms with E-state index in [1.807, 2.05) is 48.5 Å². The third-order valence-corrected chi connectivity index (χ3v) is 3.68. The van der Waals surface area contributed by atoms with E-state index in [9.17, 15) is 4.79 Å². The molecule has 1 N–H and O–H groups in total. The Kier molecular flexibility index (Phi) is 5.21. The number of anilines is 1. The normalized spacial score (nSPS) is 10.0. The van der Waals surface area contributed by atoms with Crippen molar-refractivity contribution in [3.8, 4) is 5.75 Å². The Morgan fingerprint density at radius 3 is 2.74 bits per heavy atom. The summed E-state index contributed by atoms with van der Waals surface area (Å²) in [4.78, 5) is 11.8. The zero-order valence-corrected chi connectivity index (χ0v) is 13.6. The average Bonchev–Trinajstić information content (AvgIpc) is 2.39. The fourth-order valence-corrected chi connectivity index (χ4v) is 2.35. The number of nitrogens with one attached hydrogen (secondary N) is 1. The van der Waals surface area contributed by atoms with E-state index >= 15 is 0 Å². The third kappa shape index (κ3) is 4.50. The molecule has 0 saturated carbocycles. The van der Waals surface area contributed by atoms with E-state index < -0.39 is 0 Å². The summed E-state index contributed by atoms with van der Waals surface area (Å²) in [6, 6.07) is 15.0. The van der Waals surface area contributed by atoms with E-state index in [-0.39, 0.29) is 12.5 Å². The Morgan fingerprint density at radius 2 is 2.00 bits per heavy atom. The molecule has 0 bridgehead atoms. The fourth-order valence-electron chi connectivity index (χ4n) is 1.45. The van der Waals surface area contributed by atoms with Gasteiger partial charge in [-0.05, 0) is 68.9 Å². The number of amides is 1. The van der Waals surface area contributed by atoms with Crippen molar-refractivity contribution in [2.75, 3.05) is 11.9 Å². The lowest BCUT2D eigenvalue weighted by molar-refractivity contribution is -0.118. The van der Waals surface area contributed by atoms with E-state index in [1.165, 1.54) is 0 Å². The summed E-state index contributed by atoms with van der Waals surface area (Å²) in [7, 11) is 0. The summed E-state index contributed by atoms with van der Waals surface area (Å²) in [6.07, 6.45) is 0. The summed E-state index contributed by atoms with van der Waals surface area (Å²) < 4.78 is 7.34. The van der Waals surface area contributed by atoms with E-state index in [0.717, 1.165) is 13.7 Å². The summed E-state index contributed by atoms with van der Waals surface area (Å²) in [6.45, 7) is -0.0125. The van der Waals surface area contributed by atoms with Gasteiger partial charge in [0, 0.05) is 8.04 Å². The smallest absolute Gasteiger partial charge is 0.262 e. The molecule has 0 aliphatic heterocycles. The molecule has 0 spiro atoms. The van der Waals surface area contributed by atoms with Gasteiger partial charge in [0.05, 0.1) is 5.69 Å². The summed E-state index contributed by atoms with van der Waals surface area (Å²) in [5.41, 5.74) is 0.735. The number of rotatable bonds is 4. The number of carbonyl (C=O) groups is 1. The van der Waals surface area contributed by atoms with Crippen LogP contribution in [0.2, 0.25) is 0 Å². The van der Waals surface area contributed by atoms with Crippen molar-refractivity contribution in [2.45, 2.75) is 0 Å². The molecule has 2 aromatic rings. The number of hydrogen-bond donors (Lipinski definition) is 1. The van der Waals surface area contributed by atoms with Crippen LogP contribution in [0.25, 0.3) is 0 Å². The molecule has 0 unspecified atom stereocenters. The second-order valence-corrected chi connectivity index (χ2v) is 5.87. The van der Waals surface area contributed by atoms with Crippen molar-refractivity contribution < 1.29 is 9.53 Å². The Labute approximate surface area is 133 Å². The molecule has 0 atom stereocenters. The van der Waals surface area contributed by atoms with Gasteiger partial charge in [-0.15, -0.1) is 0 Å². The zero-order chi connectivity index (χ0) is 13.7. The third-order valence-electron chi connectivity index (χ3n) is 2.31. The number of carbonyl (C=O) groups excluding carboxylic acids is 1. The molecular weight excluding hydrogens is 421 g/mol. The Morgan fingerprint density at radius 1 is 1.21 bits per heavy atom. The molecule has 0 fully saturated rings. The largest absolute Gasteiger partial charge is 0.484 e. The van der Waals surface area contributed by atoms with Crippen LogP contribution in [0, 0.1) is 3.57 Å². The van der Waals surface area contributed by atoms with Crippen LogP contribution in [-0.2, 0) is 4.79 Å². The second-order valence-electron chi connectivity index (χ2n) is 3.77. The van der Waals surface area contributed by atoms with Gasteiger partial charge in [0.25, 0.3) is 5.91 Å². The van der Waals surface area contributed by atoms with Crippen LogP contribution < -0.4 is 10.1 Å². The van der Waals surface area contributed by atoms with Crippen molar-refractivity contribution in [3.05, 3.63) is 56.6 Å². The van der Waals surface area contributed by atoms with Crippen molar-refractivity contribution in [1.29, 1.82) is 0 Å². The Balaban J connectivity index is 1.90. The lowest BCUT2D eigenvalue weighted by atomic mass is 10.3. The van der Waals surface area contributed by atoms with Crippen LogP contribution in [0.3, 0.4) is 0 Å². The van der Waals surface area contributed by atoms with Gasteiger partial charge in [-0.2, -0.15) is 0 Å². The molecular formula is C14H11BrINO2. The maximum absolute atomic E-state index is 11.8. The van der Waals surface area contributed by atoms with Gasteiger partial charge < -0.3 is 10.1 Å². The molecule has 2 rings (SSSR count). The predicted octanol–water partition coefficient (Wildman–Crippen LogP) is 4.07. The van der Waals surface area contributed by atoms with E-state index in [2.05, 4.69) is 43.8 Å². The molecule has 0 aromatic heterocycles. The number of halogens is 2. The number of para-hydroxylation sites is 1. The minimum Gasteiger partial charge on any atom is -0.484 e. The van der Waals surface area contributed by atoms with Crippen molar-refractivity contribution in [2.24, 2.45) is 0 Å². The number of hydrogen-bond acceptors (Lipinski definition) is 2. The lowest BCUT2D eigenvalue weighted by Gasteiger charge is -2.08. The summed E-state index contributed by atoms with van der Waals surface area (Å²) >= 11 is 5.57. The quantitative estimate of drug-likeness (QED) is 0.741. The van der Waals surface area contributed by atoms with Gasteiger partial charge in [-0.3, -0.25) is 4.79 Å². The fraction of sp³-hybridized carbons (Fsp3) is 0.0714. The molecule has 5 heteroatoms. The molecule has 2 aromatic carbocycles. The maximum atomic E-state index is 11.8. The zero-order valence-electron chi connectivity index (χ0n) is 9.90. The highest BCUT2D eigenvalue weighted by molar-refractivity contribution is 14.1. The predicted molar refractivity (Wildman–Crippen MR) is 87.4 cm³/mol. The lowest BCUT2D eigenvalue weighted by Crippen LogP contribution is -2.20.